The first-order valence-electron chi connectivity index (χ1n) is 8.34. The van der Waals surface area contributed by atoms with E-state index in [0.717, 1.165) is 0 Å². The zero-order valence-corrected chi connectivity index (χ0v) is 14.8. The van der Waals surface area contributed by atoms with E-state index in [4.69, 9.17) is 21.4 Å². The molecule has 0 aromatic heterocycles. The van der Waals surface area contributed by atoms with E-state index in [-0.39, 0.29) is 11.9 Å². The van der Waals surface area contributed by atoms with Gasteiger partial charge in [0, 0.05) is 18.8 Å². The van der Waals surface area contributed by atoms with Crippen LogP contribution in [0.25, 0.3) is 0 Å². The monoisotopic (exact) mass is 374 g/mol. The summed E-state index contributed by atoms with van der Waals surface area (Å²) in [5.74, 6) is 0.0186. The first-order chi connectivity index (χ1) is 12.5. The van der Waals surface area contributed by atoms with Gasteiger partial charge in [0.2, 0.25) is 0 Å². The van der Waals surface area contributed by atoms with Gasteiger partial charge < -0.3 is 20.1 Å². The molecule has 136 valence electrons. The van der Waals surface area contributed by atoms with Crippen LogP contribution in [-0.2, 0) is 4.79 Å². The van der Waals surface area contributed by atoms with Crippen LogP contribution in [0.4, 0.5) is 10.5 Å². The van der Waals surface area contributed by atoms with Crippen molar-refractivity contribution in [2.75, 3.05) is 18.4 Å². The molecule has 2 N–H and O–H groups in total. The van der Waals surface area contributed by atoms with Gasteiger partial charge in [0.05, 0.1) is 10.9 Å². The van der Waals surface area contributed by atoms with Crippen molar-refractivity contribution in [2.45, 2.75) is 12.8 Å². The lowest BCUT2D eigenvalue weighted by Gasteiger charge is -2.30. The lowest BCUT2D eigenvalue weighted by molar-refractivity contribution is -0.143. The number of carbonyl (C=O) groups excluding carboxylic acids is 1. The molecule has 0 atom stereocenters. The number of halogens is 1. The number of nitrogens with zero attached hydrogens (tertiary/aromatic N) is 1. The fourth-order valence-corrected chi connectivity index (χ4v) is 2.97. The maximum atomic E-state index is 12.3. The number of rotatable bonds is 4. The lowest BCUT2D eigenvalue weighted by Crippen LogP contribution is -2.42. The molecule has 2 aromatic carbocycles. The zero-order valence-electron chi connectivity index (χ0n) is 14.0. The molecule has 1 aliphatic heterocycles. The van der Waals surface area contributed by atoms with E-state index in [9.17, 15) is 9.59 Å². The van der Waals surface area contributed by atoms with Crippen LogP contribution in [0.2, 0.25) is 5.02 Å². The topological polar surface area (TPSA) is 78.9 Å². The zero-order chi connectivity index (χ0) is 18.5. The molecule has 3 rings (SSSR count). The number of likely N-dealkylation sites (tertiary alicyclic amines) is 1. The van der Waals surface area contributed by atoms with Crippen molar-refractivity contribution in [3.8, 4) is 11.5 Å². The second kappa shape index (κ2) is 8.10. The van der Waals surface area contributed by atoms with Crippen molar-refractivity contribution in [2.24, 2.45) is 5.92 Å². The molecule has 6 nitrogen and oxygen atoms in total. The number of carboxylic acids is 1. The molecule has 1 fully saturated rings. The highest BCUT2D eigenvalue weighted by Crippen LogP contribution is 2.29. The maximum absolute atomic E-state index is 12.3. The summed E-state index contributed by atoms with van der Waals surface area (Å²) in [6.07, 6.45) is 0.959. The minimum atomic E-state index is -0.792. The van der Waals surface area contributed by atoms with Crippen LogP contribution in [0, 0.1) is 5.92 Å². The molecule has 0 aliphatic carbocycles. The second-order valence-corrected chi connectivity index (χ2v) is 6.49. The van der Waals surface area contributed by atoms with Gasteiger partial charge in [0.1, 0.15) is 11.5 Å². The molecule has 1 heterocycles. The number of anilines is 1. The molecule has 1 saturated heterocycles. The molecule has 0 unspecified atom stereocenters. The Labute approximate surface area is 156 Å². The average Bonchev–Trinajstić information content (AvgIpc) is 2.65. The normalized spacial score (nSPS) is 14.7. The van der Waals surface area contributed by atoms with Crippen molar-refractivity contribution in [3.63, 3.8) is 0 Å². The summed E-state index contributed by atoms with van der Waals surface area (Å²) in [5.41, 5.74) is 0.641. The predicted octanol–water partition coefficient (Wildman–Crippen LogP) is 4.46. The van der Waals surface area contributed by atoms with Crippen LogP contribution in [0.15, 0.2) is 48.5 Å². The van der Waals surface area contributed by atoms with Gasteiger partial charge >= 0.3 is 12.0 Å². The van der Waals surface area contributed by atoms with Crippen LogP contribution >= 0.6 is 11.6 Å². The average molecular weight is 375 g/mol. The number of nitrogens with one attached hydrogen (secondary N) is 1. The van der Waals surface area contributed by atoms with Crippen LogP contribution in [0.1, 0.15) is 12.8 Å². The Kier molecular flexibility index (Phi) is 5.63. The van der Waals surface area contributed by atoms with Gasteiger partial charge in [-0.1, -0.05) is 23.7 Å². The van der Waals surface area contributed by atoms with Crippen molar-refractivity contribution in [1.29, 1.82) is 0 Å². The summed E-state index contributed by atoms with van der Waals surface area (Å²) in [6.45, 7) is 0.882. The number of para-hydroxylation sites is 1. The van der Waals surface area contributed by atoms with Crippen molar-refractivity contribution in [1.82, 2.24) is 4.90 Å². The Morgan fingerprint density at radius 3 is 2.35 bits per heavy atom. The predicted molar refractivity (Wildman–Crippen MR) is 98.9 cm³/mol. The third-order valence-corrected chi connectivity index (χ3v) is 4.61. The van der Waals surface area contributed by atoms with Gasteiger partial charge in [-0.25, -0.2) is 4.79 Å². The third kappa shape index (κ3) is 4.46. The number of aliphatic carboxylic acids is 1. The minimum absolute atomic E-state index is 0.228. The summed E-state index contributed by atoms with van der Waals surface area (Å²) in [5, 5.41) is 12.3. The first kappa shape index (κ1) is 18.1. The van der Waals surface area contributed by atoms with Gasteiger partial charge in [-0.05, 0) is 49.2 Å². The molecule has 0 saturated carbocycles. The fourth-order valence-electron chi connectivity index (χ4n) is 2.79. The molecule has 0 bridgehead atoms. The molecule has 0 spiro atoms. The van der Waals surface area contributed by atoms with E-state index >= 15 is 0 Å². The van der Waals surface area contributed by atoms with Gasteiger partial charge in [0.15, 0.2) is 0 Å². The van der Waals surface area contributed by atoms with Crippen molar-refractivity contribution in [3.05, 3.63) is 53.6 Å². The summed E-state index contributed by atoms with van der Waals surface area (Å²) < 4.78 is 5.71. The van der Waals surface area contributed by atoms with E-state index < -0.39 is 5.97 Å². The molecular weight excluding hydrogens is 356 g/mol. The number of carbonyl (C=O) groups is 2. The number of hydrogen-bond donors (Lipinski definition) is 2. The van der Waals surface area contributed by atoms with Crippen LogP contribution in [-0.4, -0.2) is 35.1 Å². The second-order valence-electron chi connectivity index (χ2n) is 6.09. The van der Waals surface area contributed by atoms with Crippen molar-refractivity contribution >= 4 is 29.3 Å². The number of ether oxygens (including phenoxy) is 1. The van der Waals surface area contributed by atoms with Gasteiger partial charge in [0.25, 0.3) is 0 Å². The molecule has 2 amide bonds. The third-order valence-electron chi connectivity index (χ3n) is 4.30. The van der Waals surface area contributed by atoms with E-state index in [1.165, 1.54) is 0 Å². The Morgan fingerprint density at radius 2 is 1.73 bits per heavy atom. The van der Waals surface area contributed by atoms with E-state index in [1.807, 2.05) is 12.1 Å². The first-order valence-corrected chi connectivity index (χ1v) is 8.72. The summed E-state index contributed by atoms with van der Waals surface area (Å²) in [4.78, 5) is 24.9. The van der Waals surface area contributed by atoms with Crippen LogP contribution < -0.4 is 10.1 Å². The summed E-state index contributed by atoms with van der Waals surface area (Å²) in [6, 6.07) is 13.9. The quantitative estimate of drug-likeness (QED) is 0.828. The fraction of sp³-hybridized carbons (Fsp3) is 0.263. The molecule has 0 radical (unpaired) electrons. The van der Waals surface area contributed by atoms with E-state index in [0.29, 0.717) is 48.1 Å². The number of amides is 2. The largest absolute Gasteiger partial charge is 0.481 e. The molecular formula is C19H19ClN2O4. The van der Waals surface area contributed by atoms with Crippen LogP contribution in [0.5, 0.6) is 11.5 Å². The highest BCUT2D eigenvalue weighted by atomic mass is 35.5. The van der Waals surface area contributed by atoms with E-state index in [1.54, 1.807) is 41.3 Å². The highest BCUT2D eigenvalue weighted by Gasteiger charge is 2.26. The van der Waals surface area contributed by atoms with Crippen LogP contribution in [0.3, 0.4) is 0 Å². The summed E-state index contributed by atoms with van der Waals surface area (Å²) in [7, 11) is 0. The van der Waals surface area contributed by atoms with Gasteiger partial charge in [-0.2, -0.15) is 0 Å². The van der Waals surface area contributed by atoms with Gasteiger partial charge in [-0.15, -0.1) is 0 Å². The number of urea groups is 1. The number of carboxylic acid groups (broad SMARTS) is 1. The maximum Gasteiger partial charge on any atom is 0.321 e. The molecule has 7 heteroatoms. The number of piperidine rings is 1. The SMILES string of the molecule is O=C(O)C1CCN(C(=O)Nc2ccc(Oc3ccccc3Cl)cc2)CC1. The Morgan fingerprint density at radius 1 is 1.08 bits per heavy atom. The molecule has 1 aliphatic rings. The molecule has 26 heavy (non-hydrogen) atoms. The van der Waals surface area contributed by atoms with E-state index in [2.05, 4.69) is 5.32 Å². The molecule has 2 aromatic rings. The van der Waals surface area contributed by atoms with Crippen molar-refractivity contribution < 1.29 is 19.4 Å². The van der Waals surface area contributed by atoms with Gasteiger partial charge in [-0.3, -0.25) is 4.79 Å². The standard InChI is InChI=1S/C19H19ClN2O4/c20-16-3-1-2-4-17(16)26-15-7-5-14(6-8-15)21-19(25)22-11-9-13(10-12-22)18(23)24/h1-8,13H,9-12H2,(H,21,25)(H,23,24). The Hall–Kier alpha value is -2.73. The smallest absolute Gasteiger partial charge is 0.321 e. The number of hydrogen-bond acceptors (Lipinski definition) is 3. The minimum Gasteiger partial charge on any atom is -0.481 e. The Balaban J connectivity index is 1.55. The Bertz CT molecular complexity index is 786. The highest BCUT2D eigenvalue weighted by molar-refractivity contribution is 6.32. The number of benzene rings is 2. The lowest BCUT2D eigenvalue weighted by atomic mass is 9.97. The summed E-state index contributed by atoms with van der Waals surface area (Å²) >= 11 is 6.07.